The van der Waals surface area contributed by atoms with Gasteiger partial charge in [-0.25, -0.2) is 0 Å². The highest BCUT2D eigenvalue weighted by Gasteiger charge is 2.51. The summed E-state index contributed by atoms with van der Waals surface area (Å²) >= 11 is 0. The van der Waals surface area contributed by atoms with Gasteiger partial charge in [-0.3, -0.25) is 14.3 Å². The molecule has 3 rings (SSSR count). The van der Waals surface area contributed by atoms with Crippen molar-refractivity contribution in [1.82, 2.24) is 9.78 Å². The molecule has 1 aliphatic heterocycles. The van der Waals surface area contributed by atoms with Gasteiger partial charge in [0.1, 0.15) is 17.8 Å². The maximum absolute atomic E-state index is 12.5. The molecule has 0 saturated carbocycles. The Morgan fingerprint density at radius 2 is 1.78 bits per heavy atom. The molecule has 0 radical (unpaired) electrons. The predicted molar refractivity (Wildman–Crippen MR) is 125 cm³/mol. The topological polar surface area (TPSA) is 79.7 Å². The summed E-state index contributed by atoms with van der Waals surface area (Å²) < 4.78 is 19.5. The van der Waals surface area contributed by atoms with Crippen molar-refractivity contribution in [2.45, 2.75) is 85.2 Å². The minimum atomic E-state index is -0.614. The van der Waals surface area contributed by atoms with Crippen LogP contribution in [0.15, 0.2) is 24.8 Å². The molecule has 0 spiro atoms. The summed E-state index contributed by atoms with van der Waals surface area (Å²) in [7, 11) is -0.582. The molecule has 0 N–H and O–H groups in total. The van der Waals surface area contributed by atoms with Crippen molar-refractivity contribution in [3.05, 3.63) is 36.0 Å². The molecule has 7 nitrogen and oxygen atoms in total. The van der Waals surface area contributed by atoms with Gasteiger partial charge in [-0.2, -0.15) is 5.10 Å². The Balaban J connectivity index is 2.14. The molecule has 1 saturated heterocycles. The molecule has 0 bridgehead atoms. The standard InChI is InChI=1S/C24H33BN2O5/c1-10-11-16-12-17(25-31-23(6,7)24(8,9)32-25)13-18-20(15(2)28)26-27(21(16)18)14-19(29)30-22(3,4)5/h10,12-13H,1,11,14H2,2-9H3. The van der Waals surface area contributed by atoms with Crippen LogP contribution in [0, 0.1) is 0 Å². The van der Waals surface area contributed by atoms with E-state index in [4.69, 9.17) is 14.0 Å². The van der Waals surface area contributed by atoms with Gasteiger partial charge in [0, 0.05) is 12.3 Å². The number of hydrogen-bond acceptors (Lipinski definition) is 6. The van der Waals surface area contributed by atoms with Crippen molar-refractivity contribution < 1.29 is 23.6 Å². The summed E-state index contributed by atoms with van der Waals surface area (Å²) in [6, 6.07) is 3.85. The summed E-state index contributed by atoms with van der Waals surface area (Å²) in [6.07, 6.45) is 2.31. The van der Waals surface area contributed by atoms with Crippen molar-refractivity contribution in [2.24, 2.45) is 0 Å². The molecule has 0 atom stereocenters. The number of fused-ring (bicyclic) bond motifs is 1. The lowest BCUT2D eigenvalue weighted by molar-refractivity contribution is -0.155. The largest absolute Gasteiger partial charge is 0.494 e. The first-order valence-corrected chi connectivity index (χ1v) is 10.9. The first-order chi connectivity index (χ1) is 14.6. The normalized spacial score (nSPS) is 17.6. The third-order valence-corrected chi connectivity index (χ3v) is 5.87. The second-order valence-corrected chi connectivity index (χ2v) is 10.3. The molecule has 0 aliphatic carbocycles. The Morgan fingerprint density at radius 1 is 1.19 bits per heavy atom. The number of benzene rings is 1. The zero-order valence-corrected chi connectivity index (χ0v) is 20.4. The molecule has 2 aromatic rings. The van der Waals surface area contributed by atoms with Gasteiger partial charge in [-0.1, -0.05) is 18.2 Å². The van der Waals surface area contributed by atoms with Crippen molar-refractivity contribution >= 4 is 35.2 Å². The van der Waals surface area contributed by atoms with E-state index >= 15 is 0 Å². The van der Waals surface area contributed by atoms with Crippen molar-refractivity contribution in [3.63, 3.8) is 0 Å². The molecule has 2 heterocycles. The van der Waals surface area contributed by atoms with E-state index in [1.165, 1.54) is 6.92 Å². The molecule has 1 aromatic carbocycles. The van der Waals surface area contributed by atoms with Crippen LogP contribution in [0.5, 0.6) is 0 Å². The number of hydrogen-bond donors (Lipinski definition) is 0. The number of allylic oxidation sites excluding steroid dienone is 1. The van der Waals surface area contributed by atoms with Crippen molar-refractivity contribution in [3.8, 4) is 0 Å². The number of esters is 1. The van der Waals surface area contributed by atoms with Crippen LogP contribution >= 0.6 is 0 Å². The Bertz CT molecular complexity index is 1060. The minimum absolute atomic E-state index is 0.0962. The van der Waals surface area contributed by atoms with Crippen LogP contribution < -0.4 is 5.46 Å². The van der Waals surface area contributed by atoms with Gasteiger partial charge >= 0.3 is 13.1 Å². The Morgan fingerprint density at radius 3 is 2.28 bits per heavy atom. The molecule has 0 amide bonds. The molecular weight excluding hydrogens is 407 g/mol. The highest BCUT2D eigenvalue weighted by atomic mass is 16.7. The molecular formula is C24H33BN2O5. The van der Waals surface area contributed by atoms with Crippen LogP contribution in [-0.4, -0.2) is 45.5 Å². The maximum atomic E-state index is 12.5. The molecule has 8 heteroatoms. The van der Waals surface area contributed by atoms with Gasteiger partial charge in [0.05, 0.1) is 16.7 Å². The number of nitrogens with zero attached hydrogens (tertiary/aromatic N) is 2. The van der Waals surface area contributed by atoms with E-state index in [1.807, 2.05) is 60.6 Å². The molecule has 32 heavy (non-hydrogen) atoms. The van der Waals surface area contributed by atoms with E-state index in [1.54, 1.807) is 10.8 Å². The lowest BCUT2D eigenvalue weighted by Crippen LogP contribution is -2.41. The second-order valence-electron chi connectivity index (χ2n) is 10.3. The van der Waals surface area contributed by atoms with Crippen LogP contribution in [0.4, 0.5) is 0 Å². The zero-order valence-electron chi connectivity index (χ0n) is 20.4. The van der Waals surface area contributed by atoms with E-state index in [2.05, 4.69) is 11.7 Å². The van der Waals surface area contributed by atoms with Gasteiger partial charge < -0.3 is 14.0 Å². The monoisotopic (exact) mass is 440 g/mol. The average Bonchev–Trinajstić information content (AvgIpc) is 3.08. The maximum Gasteiger partial charge on any atom is 0.494 e. The fourth-order valence-corrected chi connectivity index (χ4v) is 3.73. The smallest absolute Gasteiger partial charge is 0.459 e. The summed E-state index contributed by atoms with van der Waals surface area (Å²) in [5.74, 6) is -0.606. The Kier molecular flexibility index (Phi) is 6.17. The van der Waals surface area contributed by atoms with Gasteiger partial charge in [0.25, 0.3) is 0 Å². The first kappa shape index (κ1) is 24.2. The fraction of sp³-hybridized carbons (Fsp3) is 0.542. The van der Waals surface area contributed by atoms with Crippen molar-refractivity contribution in [2.75, 3.05) is 0 Å². The third-order valence-electron chi connectivity index (χ3n) is 5.87. The van der Waals surface area contributed by atoms with Crippen LogP contribution in [-0.2, 0) is 31.8 Å². The van der Waals surface area contributed by atoms with Crippen LogP contribution in [0.3, 0.4) is 0 Å². The SMILES string of the molecule is C=CCc1cc(B2OC(C)(C)C(C)(C)O2)cc2c(C(C)=O)nn(CC(=O)OC(C)(C)C)c12. The van der Waals surface area contributed by atoms with Crippen molar-refractivity contribution in [1.29, 1.82) is 0 Å². The molecule has 0 unspecified atom stereocenters. The van der Waals surface area contributed by atoms with E-state index in [9.17, 15) is 9.59 Å². The number of aromatic nitrogens is 2. The average molecular weight is 440 g/mol. The van der Waals surface area contributed by atoms with E-state index in [0.29, 0.717) is 23.0 Å². The highest BCUT2D eigenvalue weighted by molar-refractivity contribution is 6.62. The number of ether oxygens (including phenoxy) is 1. The summed E-state index contributed by atoms with van der Waals surface area (Å²) in [5, 5.41) is 5.13. The number of rotatable bonds is 6. The van der Waals surface area contributed by atoms with E-state index in [-0.39, 0.29) is 12.3 Å². The van der Waals surface area contributed by atoms with Crippen LogP contribution in [0.2, 0.25) is 0 Å². The second kappa shape index (κ2) is 8.16. The summed E-state index contributed by atoms with van der Waals surface area (Å²) in [4.78, 5) is 24.9. The molecule has 172 valence electrons. The number of ketones is 1. The quantitative estimate of drug-likeness (QED) is 0.296. The molecule has 1 aromatic heterocycles. The lowest BCUT2D eigenvalue weighted by Gasteiger charge is -2.32. The fourth-order valence-electron chi connectivity index (χ4n) is 3.73. The first-order valence-electron chi connectivity index (χ1n) is 10.9. The number of Topliss-reactive ketones (excluding diaryl/α,β-unsaturated/α-hetero) is 1. The summed E-state index contributed by atoms with van der Waals surface area (Å²) in [6.45, 7) is 18.7. The molecule has 1 aliphatic rings. The lowest BCUT2D eigenvalue weighted by atomic mass is 9.77. The Hall–Kier alpha value is -2.45. The zero-order chi connectivity index (χ0) is 24.1. The van der Waals surface area contributed by atoms with E-state index in [0.717, 1.165) is 11.0 Å². The molecule has 1 fully saturated rings. The summed E-state index contributed by atoms with van der Waals surface area (Å²) in [5.41, 5.74) is 1.09. The van der Waals surface area contributed by atoms with E-state index < -0.39 is 29.9 Å². The van der Waals surface area contributed by atoms with Gasteiger partial charge in [0.2, 0.25) is 0 Å². The third kappa shape index (κ3) is 4.66. The number of carbonyl (C=O) groups excluding carboxylic acids is 2. The number of carbonyl (C=O) groups is 2. The van der Waals surface area contributed by atoms with Crippen LogP contribution in [0.1, 0.15) is 71.4 Å². The van der Waals surface area contributed by atoms with Gasteiger partial charge in [-0.15, -0.1) is 6.58 Å². The van der Waals surface area contributed by atoms with Crippen LogP contribution in [0.25, 0.3) is 10.9 Å². The van der Waals surface area contributed by atoms with Gasteiger partial charge in [-0.05, 0) is 65.9 Å². The Labute approximate surface area is 190 Å². The highest BCUT2D eigenvalue weighted by Crippen LogP contribution is 2.37. The predicted octanol–water partition coefficient (Wildman–Crippen LogP) is 3.61. The minimum Gasteiger partial charge on any atom is -0.459 e. The van der Waals surface area contributed by atoms with Gasteiger partial charge in [0.15, 0.2) is 5.78 Å².